The highest BCUT2D eigenvalue weighted by molar-refractivity contribution is 5.07. The Balaban J connectivity index is 1.83. The first-order chi connectivity index (χ1) is 19.4. The number of pyridine rings is 1. The first-order valence-electron chi connectivity index (χ1n) is 18.3. The molecule has 0 saturated heterocycles. The predicted molar refractivity (Wildman–Crippen MR) is 176 cm³/mol. The summed E-state index contributed by atoms with van der Waals surface area (Å²) in [7, 11) is 0. The summed E-state index contributed by atoms with van der Waals surface area (Å²) in [4.78, 5) is 0. The number of rotatable bonds is 31. The first-order valence-corrected chi connectivity index (χ1v) is 18.3. The van der Waals surface area contributed by atoms with E-state index >= 15 is 0 Å². The maximum Gasteiger partial charge on any atom is 0.169 e. The maximum atomic E-state index is 2.40. The van der Waals surface area contributed by atoms with Crippen molar-refractivity contribution in [3.63, 3.8) is 0 Å². The van der Waals surface area contributed by atoms with Gasteiger partial charge in [-0.3, -0.25) is 0 Å². The standard InChI is InChI=1S/C38H72N/c1-3-5-7-9-11-13-15-17-19-21-23-25-27-29-31-35-39-36-33-38(34-37-39)32-30-28-26-24-22-20-18-16-14-12-10-8-6-4-2/h33-34,36-37H,3-32,35H2,1-2H3/q+1. The van der Waals surface area contributed by atoms with Crippen LogP contribution in [0.3, 0.4) is 0 Å². The van der Waals surface area contributed by atoms with Crippen molar-refractivity contribution < 1.29 is 4.57 Å². The zero-order valence-corrected chi connectivity index (χ0v) is 27.2. The fraction of sp³-hybridized carbons (Fsp3) is 0.868. The largest absolute Gasteiger partial charge is 0.205 e. The number of unbranched alkanes of at least 4 members (excludes halogenated alkanes) is 27. The van der Waals surface area contributed by atoms with E-state index in [1.165, 1.54) is 205 Å². The third kappa shape index (κ3) is 25.8. The monoisotopic (exact) mass is 543 g/mol. The van der Waals surface area contributed by atoms with Crippen LogP contribution in [-0.2, 0) is 13.0 Å². The van der Waals surface area contributed by atoms with E-state index in [-0.39, 0.29) is 0 Å². The average Bonchev–Trinajstić information content (AvgIpc) is 2.96. The highest BCUT2D eigenvalue weighted by atomic mass is 14.9. The molecule has 1 heteroatoms. The Bertz CT molecular complexity index is 577. The molecule has 0 aliphatic carbocycles. The van der Waals surface area contributed by atoms with Crippen LogP contribution in [0.15, 0.2) is 24.5 Å². The number of hydrogen-bond donors (Lipinski definition) is 0. The fourth-order valence-corrected chi connectivity index (χ4v) is 5.99. The van der Waals surface area contributed by atoms with Crippen LogP contribution in [0.5, 0.6) is 0 Å². The molecule has 1 aromatic heterocycles. The zero-order valence-electron chi connectivity index (χ0n) is 27.2. The third-order valence-electron chi connectivity index (χ3n) is 8.80. The van der Waals surface area contributed by atoms with E-state index in [2.05, 4.69) is 42.9 Å². The van der Waals surface area contributed by atoms with Gasteiger partial charge in [0.2, 0.25) is 0 Å². The van der Waals surface area contributed by atoms with Gasteiger partial charge in [0.25, 0.3) is 0 Å². The zero-order chi connectivity index (χ0) is 27.9. The number of hydrogen-bond acceptors (Lipinski definition) is 0. The molecular formula is C38H72N+. The molecule has 0 amide bonds. The summed E-state index contributed by atoms with van der Waals surface area (Å²) in [5.74, 6) is 0. The second kappa shape index (κ2) is 30.1. The maximum absolute atomic E-state index is 2.40. The Morgan fingerprint density at radius 1 is 0.359 bits per heavy atom. The molecule has 0 radical (unpaired) electrons. The minimum absolute atomic E-state index is 1.19. The molecule has 0 saturated carbocycles. The van der Waals surface area contributed by atoms with Crippen molar-refractivity contribution in [2.45, 2.75) is 213 Å². The minimum atomic E-state index is 1.19. The lowest BCUT2D eigenvalue weighted by Crippen LogP contribution is -2.32. The number of aromatic nitrogens is 1. The van der Waals surface area contributed by atoms with Crippen LogP contribution >= 0.6 is 0 Å². The van der Waals surface area contributed by atoms with Gasteiger partial charge in [0, 0.05) is 18.6 Å². The molecule has 1 aromatic rings. The Hall–Kier alpha value is -0.850. The average molecular weight is 543 g/mol. The Morgan fingerprint density at radius 2 is 0.641 bits per heavy atom. The first kappa shape index (κ1) is 36.2. The molecule has 0 aromatic carbocycles. The van der Waals surface area contributed by atoms with Crippen LogP contribution in [0.4, 0.5) is 0 Å². The van der Waals surface area contributed by atoms with Crippen molar-refractivity contribution in [1.82, 2.24) is 0 Å². The van der Waals surface area contributed by atoms with Crippen LogP contribution in [0.1, 0.15) is 206 Å². The van der Waals surface area contributed by atoms with Gasteiger partial charge in [0.1, 0.15) is 6.54 Å². The SMILES string of the molecule is CCCCCCCCCCCCCCCCC[n+]1ccc(CCCCCCCCCCCCCCCC)cc1. The molecule has 0 aliphatic rings. The van der Waals surface area contributed by atoms with Gasteiger partial charge in [-0.15, -0.1) is 0 Å². The molecule has 0 spiro atoms. The second-order valence-corrected chi connectivity index (χ2v) is 12.7. The Morgan fingerprint density at radius 3 is 0.974 bits per heavy atom. The molecule has 0 fully saturated rings. The van der Waals surface area contributed by atoms with Crippen LogP contribution in [0.25, 0.3) is 0 Å². The molecular weight excluding hydrogens is 470 g/mol. The van der Waals surface area contributed by atoms with Crippen LogP contribution in [0, 0.1) is 0 Å². The topological polar surface area (TPSA) is 3.88 Å². The molecule has 0 bridgehead atoms. The Labute approximate surface area is 247 Å². The van der Waals surface area contributed by atoms with Gasteiger partial charge in [-0.1, -0.05) is 181 Å². The molecule has 0 N–H and O–H groups in total. The lowest BCUT2D eigenvalue weighted by Gasteiger charge is -2.04. The molecule has 0 unspecified atom stereocenters. The highest BCUT2D eigenvalue weighted by Crippen LogP contribution is 2.15. The number of nitrogens with zero attached hydrogens (tertiary/aromatic N) is 1. The van der Waals surface area contributed by atoms with Crippen molar-refractivity contribution in [3.05, 3.63) is 30.1 Å². The highest BCUT2D eigenvalue weighted by Gasteiger charge is 2.02. The van der Waals surface area contributed by atoms with E-state index in [0.717, 1.165) is 0 Å². The minimum Gasteiger partial charge on any atom is -0.205 e. The van der Waals surface area contributed by atoms with Gasteiger partial charge in [0.15, 0.2) is 12.4 Å². The van der Waals surface area contributed by atoms with Gasteiger partial charge in [-0.2, -0.15) is 0 Å². The summed E-state index contributed by atoms with van der Waals surface area (Å²) in [5.41, 5.74) is 1.53. The van der Waals surface area contributed by atoms with Gasteiger partial charge in [-0.25, -0.2) is 4.57 Å². The summed E-state index contributed by atoms with van der Waals surface area (Å²) in [6.07, 6.45) is 47.7. The summed E-state index contributed by atoms with van der Waals surface area (Å²) in [6, 6.07) is 4.74. The van der Waals surface area contributed by atoms with E-state index < -0.39 is 0 Å². The molecule has 228 valence electrons. The van der Waals surface area contributed by atoms with Crippen molar-refractivity contribution in [2.24, 2.45) is 0 Å². The molecule has 1 nitrogen and oxygen atoms in total. The van der Waals surface area contributed by atoms with Gasteiger partial charge >= 0.3 is 0 Å². The van der Waals surface area contributed by atoms with Gasteiger partial charge in [0.05, 0.1) is 0 Å². The third-order valence-corrected chi connectivity index (χ3v) is 8.80. The lowest BCUT2D eigenvalue weighted by atomic mass is 10.0. The smallest absolute Gasteiger partial charge is 0.169 e. The van der Waals surface area contributed by atoms with Crippen molar-refractivity contribution in [3.8, 4) is 0 Å². The van der Waals surface area contributed by atoms with Gasteiger partial charge < -0.3 is 0 Å². The van der Waals surface area contributed by atoms with E-state index in [9.17, 15) is 0 Å². The van der Waals surface area contributed by atoms with Crippen molar-refractivity contribution in [2.75, 3.05) is 0 Å². The van der Waals surface area contributed by atoms with Gasteiger partial charge in [-0.05, 0) is 24.8 Å². The summed E-state index contributed by atoms with van der Waals surface area (Å²) in [5, 5.41) is 0. The molecule has 0 atom stereocenters. The summed E-state index contributed by atoms with van der Waals surface area (Å²) in [6.45, 7) is 5.80. The molecule has 1 rings (SSSR count). The van der Waals surface area contributed by atoms with Crippen LogP contribution in [0.2, 0.25) is 0 Å². The molecule has 0 aliphatic heterocycles. The van der Waals surface area contributed by atoms with Crippen molar-refractivity contribution in [1.29, 1.82) is 0 Å². The normalized spacial score (nSPS) is 11.4. The Kier molecular flexibility index (Phi) is 27.9. The fourth-order valence-electron chi connectivity index (χ4n) is 5.99. The van der Waals surface area contributed by atoms with E-state index in [1.54, 1.807) is 0 Å². The second-order valence-electron chi connectivity index (χ2n) is 12.7. The van der Waals surface area contributed by atoms with Crippen molar-refractivity contribution >= 4 is 0 Å². The van der Waals surface area contributed by atoms with E-state index in [0.29, 0.717) is 0 Å². The summed E-state index contributed by atoms with van der Waals surface area (Å²) >= 11 is 0. The van der Waals surface area contributed by atoms with Crippen LogP contribution in [-0.4, -0.2) is 0 Å². The summed E-state index contributed by atoms with van der Waals surface area (Å²) < 4.78 is 2.40. The lowest BCUT2D eigenvalue weighted by molar-refractivity contribution is -0.697. The molecule has 39 heavy (non-hydrogen) atoms. The van der Waals surface area contributed by atoms with E-state index in [1.807, 2.05) is 0 Å². The van der Waals surface area contributed by atoms with E-state index in [4.69, 9.17) is 0 Å². The van der Waals surface area contributed by atoms with Crippen LogP contribution < -0.4 is 4.57 Å². The quantitative estimate of drug-likeness (QED) is 0.0648. The predicted octanol–water partition coefficient (Wildman–Crippen LogP) is 12.9. The number of aryl methyl sites for hydroxylation is 2. The molecule has 1 heterocycles.